The van der Waals surface area contributed by atoms with E-state index in [4.69, 9.17) is 0 Å². The first-order valence-electron chi connectivity index (χ1n) is 2.63. The number of allylic oxidation sites excluding steroid dienone is 2. The van der Waals surface area contributed by atoms with Crippen LogP contribution in [0.2, 0.25) is 0 Å². The minimum atomic E-state index is 1.13. The van der Waals surface area contributed by atoms with Gasteiger partial charge in [0.15, 0.2) is 0 Å². The van der Waals surface area contributed by atoms with Crippen LogP contribution in [0.4, 0.5) is 0 Å². The Bertz CT molecular complexity index is 60.6. The van der Waals surface area contributed by atoms with Crippen LogP contribution in [0, 0.1) is 0 Å². The SMILES string of the molecule is CCCC=C(C)S. The molecular weight excluding hydrogens is 104 g/mol. The van der Waals surface area contributed by atoms with Crippen molar-refractivity contribution in [3.63, 3.8) is 0 Å². The molecule has 0 fully saturated rings. The molecule has 0 saturated carbocycles. The maximum absolute atomic E-state index is 4.09. The molecule has 0 nitrogen and oxygen atoms in total. The normalized spacial score (nSPS) is 12.1. The van der Waals surface area contributed by atoms with E-state index in [2.05, 4.69) is 25.6 Å². The van der Waals surface area contributed by atoms with Crippen LogP contribution in [-0.4, -0.2) is 0 Å². The molecule has 0 spiro atoms. The van der Waals surface area contributed by atoms with E-state index < -0.39 is 0 Å². The number of thiol groups is 1. The monoisotopic (exact) mass is 116 g/mol. The molecule has 7 heavy (non-hydrogen) atoms. The Kier molecular flexibility index (Phi) is 4.31. The van der Waals surface area contributed by atoms with E-state index in [0.29, 0.717) is 0 Å². The molecule has 0 aliphatic rings. The van der Waals surface area contributed by atoms with Gasteiger partial charge in [0, 0.05) is 0 Å². The van der Waals surface area contributed by atoms with Crippen LogP contribution >= 0.6 is 12.6 Å². The van der Waals surface area contributed by atoms with E-state index in [1.54, 1.807) is 0 Å². The van der Waals surface area contributed by atoms with Crippen molar-refractivity contribution < 1.29 is 0 Å². The topological polar surface area (TPSA) is 0 Å². The van der Waals surface area contributed by atoms with E-state index >= 15 is 0 Å². The molecule has 0 saturated heterocycles. The predicted octanol–water partition coefficient (Wildman–Crippen LogP) is 2.62. The number of hydrogen-bond acceptors (Lipinski definition) is 1. The van der Waals surface area contributed by atoms with Gasteiger partial charge in [0.2, 0.25) is 0 Å². The summed E-state index contributed by atoms with van der Waals surface area (Å²) in [6.07, 6.45) is 4.51. The molecule has 0 radical (unpaired) electrons. The highest BCUT2D eigenvalue weighted by Gasteiger charge is 1.74. The molecule has 42 valence electrons. The average Bonchev–Trinajstić information content (AvgIpc) is 1.61. The quantitative estimate of drug-likeness (QED) is 0.527. The smallest absolute Gasteiger partial charge is 0.0255 e. The summed E-state index contributed by atoms with van der Waals surface area (Å²) < 4.78 is 0. The van der Waals surface area contributed by atoms with Crippen LogP contribution in [-0.2, 0) is 0 Å². The van der Waals surface area contributed by atoms with Gasteiger partial charge in [0.25, 0.3) is 0 Å². The van der Waals surface area contributed by atoms with Gasteiger partial charge in [-0.2, -0.15) is 0 Å². The van der Waals surface area contributed by atoms with Crippen LogP contribution in [0.15, 0.2) is 11.0 Å². The van der Waals surface area contributed by atoms with Crippen molar-refractivity contribution in [3.05, 3.63) is 11.0 Å². The van der Waals surface area contributed by atoms with Crippen LogP contribution in [0.3, 0.4) is 0 Å². The minimum absolute atomic E-state index is 1.13. The Balaban J connectivity index is 3.08. The molecule has 0 N–H and O–H groups in total. The van der Waals surface area contributed by atoms with Crippen molar-refractivity contribution in [2.45, 2.75) is 26.7 Å². The Morgan fingerprint density at radius 3 is 2.43 bits per heavy atom. The third-order valence-electron chi connectivity index (χ3n) is 0.728. The lowest BCUT2D eigenvalue weighted by atomic mass is 10.3. The molecule has 0 aromatic rings. The molecule has 0 amide bonds. The molecular formula is C6H12S. The number of rotatable bonds is 2. The van der Waals surface area contributed by atoms with Crippen molar-refractivity contribution in [1.82, 2.24) is 0 Å². The lowest BCUT2D eigenvalue weighted by molar-refractivity contribution is 0.956. The molecule has 0 aliphatic carbocycles. The van der Waals surface area contributed by atoms with Gasteiger partial charge < -0.3 is 0 Å². The van der Waals surface area contributed by atoms with Gasteiger partial charge in [-0.1, -0.05) is 19.4 Å². The Morgan fingerprint density at radius 1 is 1.71 bits per heavy atom. The number of hydrogen-bond donors (Lipinski definition) is 1. The van der Waals surface area contributed by atoms with Gasteiger partial charge in [0.1, 0.15) is 0 Å². The first kappa shape index (κ1) is 7.09. The van der Waals surface area contributed by atoms with Gasteiger partial charge in [-0.05, 0) is 18.2 Å². The summed E-state index contributed by atoms with van der Waals surface area (Å²) in [4.78, 5) is 1.13. The van der Waals surface area contributed by atoms with E-state index in [0.717, 1.165) is 11.3 Å². The molecule has 0 atom stereocenters. The predicted molar refractivity (Wildman–Crippen MR) is 37.7 cm³/mol. The third kappa shape index (κ3) is 6.09. The summed E-state index contributed by atoms with van der Waals surface area (Å²) in [5, 5.41) is 0. The highest BCUT2D eigenvalue weighted by molar-refractivity contribution is 7.84. The zero-order chi connectivity index (χ0) is 5.70. The molecule has 0 unspecified atom stereocenters. The van der Waals surface area contributed by atoms with Crippen molar-refractivity contribution in [1.29, 1.82) is 0 Å². The van der Waals surface area contributed by atoms with E-state index in [1.807, 2.05) is 6.92 Å². The highest BCUT2D eigenvalue weighted by atomic mass is 32.1. The standard InChI is InChI=1S/C6H12S/c1-3-4-5-6(2)7/h5,7H,3-4H2,1-2H3. The van der Waals surface area contributed by atoms with Crippen molar-refractivity contribution >= 4 is 12.6 Å². The van der Waals surface area contributed by atoms with Crippen molar-refractivity contribution in [3.8, 4) is 0 Å². The maximum atomic E-state index is 4.09. The Labute approximate surface area is 51.0 Å². The second-order valence-corrected chi connectivity index (χ2v) is 2.34. The number of unbranched alkanes of at least 4 members (excludes halogenated alkanes) is 1. The van der Waals surface area contributed by atoms with E-state index in [-0.39, 0.29) is 0 Å². The summed E-state index contributed by atoms with van der Waals surface area (Å²) in [6, 6.07) is 0. The van der Waals surface area contributed by atoms with Gasteiger partial charge in [0.05, 0.1) is 0 Å². The molecule has 0 bridgehead atoms. The van der Waals surface area contributed by atoms with Crippen molar-refractivity contribution in [2.24, 2.45) is 0 Å². The lowest BCUT2D eigenvalue weighted by Gasteiger charge is -1.84. The van der Waals surface area contributed by atoms with E-state index in [9.17, 15) is 0 Å². The fourth-order valence-corrected chi connectivity index (χ4v) is 0.482. The molecule has 0 aliphatic heterocycles. The third-order valence-corrected chi connectivity index (χ3v) is 0.911. The van der Waals surface area contributed by atoms with Crippen LogP contribution in [0.1, 0.15) is 26.7 Å². The fourth-order valence-electron chi connectivity index (χ4n) is 0.353. The summed E-state index contributed by atoms with van der Waals surface area (Å²) in [7, 11) is 0. The van der Waals surface area contributed by atoms with Gasteiger partial charge >= 0.3 is 0 Å². The van der Waals surface area contributed by atoms with Crippen LogP contribution in [0.25, 0.3) is 0 Å². The summed E-state index contributed by atoms with van der Waals surface area (Å²) >= 11 is 4.09. The summed E-state index contributed by atoms with van der Waals surface area (Å²) in [5.74, 6) is 0. The zero-order valence-electron chi connectivity index (χ0n) is 4.94. The fraction of sp³-hybridized carbons (Fsp3) is 0.667. The zero-order valence-corrected chi connectivity index (χ0v) is 5.83. The van der Waals surface area contributed by atoms with Crippen LogP contribution in [0.5, 0.6) is 0 Å². The summed E-state index contributed by atoms with van der Waals surface area (Å²) in [6.45, 7) is 4.16. The van der Waals surface area contributed by atoms with Gasteiger partial charge in [-0.25, -0.2) is 0 Å². The molecule has 0 aromatic carbocycles. The van der Waals surface area contributed by atoms with Crippen LogP contribution < -0.4 is 0 Å². The molecule has 0 heterocycles. The van der Waals surface area contributed by atoms with Gasteiger partial charge in [-0.3, -0.25) is 0 Å². The largest absolute Gasteiger partial charge is 0.149 e. The second kappa shape index (κ2) is 4.25. The first-order valence-corrected chi connectivity index (χ1v) is 3.07. The summed E-state index contributed by atoms with van der Waals surface area (Å²) in [5.41, 5.74) is 0. The lowest BCUT2D eigenvalue weighted by Crippen LogP contribution is -1.61. The molecule has 0 aromatic heterocycles. The molecule has 1 heteroatoms. The van der Waals surface area contributed by atoms with E-state index in [1.165, 1.54) is 6.42 Å². The highest BCUT2D eigenvalue weighted by Crippen LogP contribution is 1.99. The maximum Gasteiger partial charge on any atom is -0.0255 e. The van der Waals surface area contributed by atoms with Crippen molar-refractivity contribution in [2.75, 3.05) is 0 Å². The Morgan fingerprint density at radius 2 is 2.29 bits per heavy atom. The van der Waals surface area contributed by atoms with Gasteiger partial charge in [-0.15, -0.1) is 12.6 Å². The molecule has 0 rings (SSSR count). The first-order chi connectivity index (χ1) is 3.27. The second-order valence-electron chi connectivity index (χ2n) is 1.63. The Hall–Kier alpha value is 0.0900. The average molecular weight is 116 g/mol. The minimum Gasteiger partial charge on any atom is -0.149 e.